The van der Waals surface area contributed by atoms with Crippen molar-refractivity contribution in [2.45, 2.75) is 31.7 Å². The van der Waals surface area contributed by atoms with Crippen molar-refractivity contribution in [3.05, 3.63) is 41.8 Å². The molecule has 29 heavy (non-hydrogen) atoms. The van der Waals surface area contributed by atoms with Crippen molar-refractivity contribution in [2.24, 2.45) is 5.92 Å². The zero-order valence-electron chi connectivity index (χ0n) is 15.4. The predicted octanol–water partition coefficient (Wildman–Crippen LogP) is 3.11. The van der Waals surface area contributed by atoms with Crippen molar-refractivity contribution in [1.82, 2.24) is 10.3 Å². The summed E-state index contributed by atoms with van der Waals surface area (Å²) < 4.78 is 30.0. The van der Waals surface area contributed by atoms with Crippen LogP contribution in [0.3, 0.4) is 0 Å². The molecule has 1 amide bonds. The van der Waals surface area contributed by atoms with Gasteiger partial charge in [-0.1, -0.05) is 0 Å². The smallest absolute Gasteiger partial charge is 0.306 e. The number of aromatic nitrogens is 1. The molecule has 0 unspecified atom stereocenters. The summed E-state index contributed by atoms with van der Waals surface area (Å²) in [7, 11) is 0. The standard InChI is InChI=1S/C20H19FN2O6/c21-12-7-15(18(24)23-13-3-1-11(2-4-13)20(25)26)19(22-9-12)29-14-5-6-16-17(8-14)28-10-27-16/h5-9,11,13H,1-4,10H2,(H,23,24)(H,25,26). The van der Waals surface area contributed by atoms with Gasteiger partial charge in [-0.25, -0.2) is 9.37 Å². The predicted molar refractivity (Wildman–Crippen MR) is 97.7 cm³/mol. The largest absolute Gasteiger partial charge is 0.481 e. The molecular formula is C20H19FN2O6. The van der Waals surface area contributed by atoms with E-state index >= 15 is 0 Å². The molecule has 0 bridgehead atoms. The number of ether oxygens (including phenoxy) is 3. The van der Waals surface area contributed by atoms with Gasteiger partial charge < -0.3 is 24.6 Å². The van der Waals surface area contributed by atoms with E-state index in [-0.39, 0.29) is 30.2 Å². The maximum Gasteiger partial charge on any atom is 0.306 e. The second kappa shape index (κ2) is 7.94. The highest BCUT2D eigenvalue weighted by Gasteiger charge is 2.28. The molecule has 152 valence electrons. The van der Waals surface area contributed by atoms with E-state index < -0.39 is 17.7 Å². The van der Waals surface area contributed by atoms with E-state index in [1.54, 1.807) is 18.2 Å². The van der Waals surface area contributed by atoms with Gasteiger partial charge in [-0.3, -0.25) is 9.59 Å². The van der Waals surface area contributed by atoms with Crippen LogP contribution < -0.4 is 19.5 Å². The molecule has 2 aromatic rings. The first kappa shape index (κ1) is 19.0. The quantitative estimate of drug-likeness (QED) is 0.791. The lowest BCUT2D eigenvalue weighted by Crippen LogP contribution is -2.38. The number of amides is 1. The van der Waals surface area contributed by atoms with E-state index in [1.165, 1.54) is 0 Å². The molecule has 0 spiro atoms. The van der Waals surface area contributed by atoms with Crippen LogP contribution in [-0.2, 0) is 4.79 Å². The van der Waals surface area contributed by atoms with E-state index in [0.29, 0.717) is 42.9 Å². The van der Waals surface area contributed by atoms with Crippen LogP contribution in [0.5, 0.6) is 23.1 Å². The van der Waals surface area contributed by atoms with Crippen LogP contribution in [0.25, 0.3) is 0 Å². The van der Waals surface area contributed by atoms with Crippen molar-refractivity contribution in [2.75, 3.05) is 6.79 Å². The molecule has 9 heteroatoms. The zero-order valence-corrected chi connectivity index (χ0v) is 15.4. The third-order valence-corrected chi connectivity index (χ3v) is 5.03. The van der Waals surface area contributed by atoms with Gasteiger partial charge in [0.05, 0.1) is 12.1 Å². The number of carboxylic acids is 1. The highest BCUT2D eigenvalue weighted by molar-refractivity contribution is 5.96. The summed E-state index contributed by atoms with van der Waals surface area (Å²) >= 11 is 0. The molecule has 0 saturated heterocycles. The number of nitrogens with zero attached hydrogens (tertiary/aromatic N) is 1. The lowest BCUT2D eigenvalue weighted by molar-refractivity contribution is -0.142. The fraction of sp³-hybridized carbons (Fsp3) is 0.350. The van der Waals surface area contributed by atoms with E-state index in [1.807, 2.05) is 0 Å². The Kier molecular flexibility index (Phi) is 5.20. The van der Waals surface area contributed by atoms with Gasteiger partial charge in [0.15, 0.2) is 11.5 Å². The Bertz CT molecular complexity index is 943. The van der Waals surface area contributed by atoms with Gasteiger partial charge >= 0.3 is 5.97 Å². The van der Waals surface area contributed by atoms with Crippen LogP contribution in [0, 0.1) is 11.7 Å². The normalized spacial score (nSPS) is 20.2. The summed E-state index contributed by atoms with van der Waals surface area (Å²) in [6.07, 6.45) is 3.04. The minimum atomic E-state index is -0.816. The van der Waals surface area contributed by atoms with Crippen LogP contribution in [0.4, 0.5) is 4.39 Å². The van der Waals surface area contributed by atoms with Crippen LogP contribution in [0.15, 0.2) is 30.5 Å². The summed E-state index contributed by atoms with van der Waals surface area (Å²) in [6, 6.07) is 5.78. The summed E-state index contributed by atoms with van der Waals surface area (Å²) in [4.78, 5) is 27.7. The number of nitrogens with one attached hydrogen (secondary N) is 1. The first-order chi connectivity index (χ1) is 14.0. The van der Waals surface area contributed by atoms with Crippen molar-refractivity contribution in [3.8, 4) is 23.1 Å². The Morgan fingerprint density at radius 3 is 2.66 bits per heavy atom. The average molecular weight is 402 g/mol. The highest BCUT2D eigenvalue weighted by Crippen LogP contribution is 2.37. The van der Waals surface area contributed by atoms with Crippen molar-refractivity contribution in [1.29, 1.82) is 0 Å². The Morgan fingerprint density at radius 1 is 1.14 bits per heavy atom. The number of hydrogen-bond acceptors (Lipinski definition) is 6. The number of rotatable bonds is 5. The van der Waals surface area contributed by atoms with Crippen LogP contribution >= 0.6 is 0 Å². The van der Waals surface area contributed by atoms with Crippen LogP contribution in [-0.4, -0.2) is 34.8 Å². The number of fused-ring (bicyclic) bond motifs is 1. The molecule has 1 aliphatic carbocycles. The summed E-state index contributed by atoms with van der Waals surface area (Å²) in [5.74, 6) is -0.974. The van der Waals surface area contributed by atoms with Crippen molar-refractivity contribution in [3.63, 3.8) is 0 Å². The van der Waals surface area contributed by atoms with E-state index in [2.05, 4.69) is 10.3 Å². The SMILES string of the molecule is O=C(NC1CCC(C(=O)O)CC1)c1cc(F)cnc1Oc1ccc2c(c1)OCO2. The Morgan fingerprint density at radius 2 is 1.90 bits per heavy atom. The third kappa shape index (κ3) is 4.23. The maximum absolute atomic E-state index is 13.7. The van der Waals surface area contributed by atoms with Gasteiger partial charge in [-0.2, -0.15) is 0 Å². The van der Waals surface area contributed by atoms with Gasteiger partial charge in [0, 0.05) is 12.1 Å². The molecule has 1 aromatic heterocycles. The van der Waals surface area contributed by atoms with Gasteiger partial charge in [-0.05, 0) is 43.9 Å². The molecule has 1 saturated carbocycles. The first-order valence-corrected chi connectivity index (χ1v) is 9.26. The van der Waals surface area contributed by atoms with Crippen molar-refractivity contribution < 1.29 is 33.3 Å². The number of carboxylic acid groups (broad SMARTS) is 1. The second-order valence-electron chi connectivity index (χ2n) is 6.98. The Hall–Kier alpha value is -3.36. The molecule has 1 aromatic carbocycles. The lowest BCUT2D eigenvalue weighted by atomic mass is 9.86. The molecular weight excluding hydrogens is 383 g/mol. The van der Waals surface area contributed by atoms with Crippen LogP contribution in [0.2, 0.25) is 0 Å². The molecule has 0 radical (unpaired) electrons. The number of pyridine rings is 1. The number of carbonyl (C=O) groups is 2. The number of hydrogen-bond donors (Lipinski definition) is 2. The fourth-order valence-electron chi connectivity index (χ4n) is 3.47. The number of halogens is 1. The highest BCUT2D eigenvalue weighted by atomic mass is 19.1. The van der Waals surface area contributed by atoms with Gasteiger partial charge in [0.25, 0.3) is 5.91 Å². The minimum absolute atomic E-state index is 0.0389. The Labute approximate surface area is 165 Å². The molecule has 2 N–H and O–H groups in total. The lowest BCUT2D eigenvalue weighted by Gasteiger charge is -2.27. The second-order valence-corrected chi connectivity index (χ2v) is 6.98. The van der Waals surface area contributed by atoms with Crippen molar-refractivity contribution >= 4 is 11.9 Å². The molecule has 8 nitrogen and oxygen atoms in total. The monoisotopic (exact) mass is 402 g/mol. The molecule has 2 aliphatic rings. The molecule has 2 heterocycles. The number of aliphatic carboxylic acids is 1. The van der Waals surface area contributed by atoms with E-state index in [4.69, 9.17) is 19.3 Å². The number of benzene rings is 1. The zero-order chi connectivity index (χ0) is 20.4. The molecule has 1 aliphatic heterocycles. The van der Waals surface area contributed by atoms with Gasteiger partial charge in [0.2, 0.25) is 12.7 Å². The van der Waals surface area contributed by atoms with E-state index in [9.17, 15) is 14.0 Å². The van der Waals surface area contributed by atoms with E-state index in [0.717, 1.165) is 12.3 Å². The Balaban J connectivity index is 1.48. The van der Waals surface area contributed by atoms with Crippen LogP contribution in [0.1, 0.15) is 36.0 Å². The molecule has 4 rings (SSSR count). The molecule has 1 fully saturated rings. The van der Waals surface area contributed by atoms with Gasteiger partial charge in [-0.15, -0.1) is 0 Å². The average Bonchev–Trinajstić information content (AvgIpc) is 3.17. The molecule has 0 atom stereocenters. The minimum Gasteiger partial charge on any atom is -0.481 e. The number of carbonyl (C=O) groups excluding carboxylic acids is 1. The third-order valence-electron chi connectivity index (χ3n) is 5.03. The first-order valence-electron chi connectivity index (χ1n) is 9.26. The summed E-state index contributed by atoms with van der Waals surface area (Å²) in [6.45, 7) is 0.116. The van der Waals surface area contributed by atoms with Gasteiger partial charge in [0.1, 0.15) is 17.1 Å². The fourth-order valence-corrected chi connectivity index (χ4v) is 3.47. The summed E-state index contributed by atoms with van der Waals surface area (Å²) in [5.41, 5.74) is -0.0389. The summed E-state index contributed by atoms with van der Waals surface area (Å²) in [5, 5.41) is 11.9. The topological polar surface area (TPSA) is 107 Å². The maximum atomic E-state index is 13.7.